The van der Waals surface area contributed by atoms with Crippen molar-refractivity contribution >= 4 is 21.7 Å². The van der Waals surface area contributed by atoms with Gasteiger partial charge >= 0.3 is 0 Å². The van der Waals surface area contributed by atoms with E-state index in [0.29, 0.717) is 5.82 Å². The van der Waals surface area contributed by atoms with Gasteiger partial charge in [0.2, 0.25) is 0 Å². The summed E-state index contributed by atoms with van der Waals surface area (Å²) in [5.74, 6) is 0.700. The molecule has 0 saturated carbocycles. The van der Waals surface area contributed by atoms with Gasteiger partial charge in [-0.2, -0.15) is 0 Å². The highest BCUT2D eigenvalue weighted by atomic mass is 14.9. The summed E-state index contributed by atoms with van der Waals surface area (Å²) in [5.41, 5.74) is 20.4. The molecule has 12 aromatic rings. The van der Waals surface area contributed by atoms with Gasteiger partial charge in [-0.1, -0.05) is 224 Å². The highest BCUT2D eigenvalue weighted by Gasteiger charge is 2.16. The molecule has 0 aliphatic carbocycles. The molecule has 0 aliphatic heterocycles. The van der Waals surface area contributed by atoms with Crippen LogP contribution < -0.4 is 0 Å². The normalized spacial score (nSPS) is 11.2. The Morgan fingerprint density at radius 3 is 1.03 bits per heavy atom. The van der Waals surface area contributed by atoms with E-state index >= 15 is 0 Å². The lowest BCUT2D eigenvalue weighted by atomic mass is 9.92. The second kappa shape index (κ2) is 17.8. The zero-order valence-electron chi connectivity index (χ0n) is 37.3. The smallest absolute Gasteiger partial charge is 0.160 e. The number of hydrogen-bond acceptors (Lipinski definition) is 2. The van der Waals surface area contributed by atoms with Crippen LogP contribution in [0.1, 0.15) is 0 Å². The lowest BCUT2D eigenvalue weighted by Crippen LogP contribution is -1.96. The molecule has 0 amide bonds. The van der Waals surface area contributed by atoms with E-state index in [9.17, 15) is 0 Å². The van der Waals surface area contributed by atoms with E-state index in [1.165, 1.54) is 55.6 Å². The van der Waals surface area contributed by atoms with E-state index < -0.39 is 0 Å². The number of hydrogen-bond donors (Lipinski definition) is 0. The van der Waals surface area contributed by atoms with E-state index in [1.807, 2.05) is 0 Å². The van der Waals surface area contributed by atoms with Crippen LogP contribution in [0.5, 0.6) is 0 Å². The van der Waals surface area contributed by atoms with Gasteiger partial charge in [0.15, 0.2) is 5.82 Å². The maximum absolute atomic E-state index is 5.35. The molecule has 0 bridgehead atoms. The van der Waals surface area contributed by atoms with Crippen molar-refractivity contribution in [2.45, 2.75) is 0 Å². The van der Waals surface area contributed by atoms with Crippen molar-refractivity contribution in [2.24, 2.45) is 0 Å². The van der Waals surface area contributed by atoms with E-state index in [4.69, 9.17) is 9.97 Å². The molecular formula is C66H44N2. The summed E-state index contributed by atoms with van der Waals surface area (Å²) in [7, 11) is 0. The lowest BCUT2D eigenvalue weighted by molar-refractivity contribution is 1.23. The van der Waals surface area contributed by atoms with Crippen LogP contribution in [0.2, 0.25) is 0 Å². The topological polar surface area (TPSA) is 25.8 Å². The van der Waals surface area contributed by atoms with Gasteiger partial charge in [0.25, 0.3) is 0 Å². The summed E-state index contributed by atoms with van der Waals surface area (Å²) in [4.78, 5) is 10.6. The summed E-state index contributed by atoms with van der Waals surface area (Å²) < 4.78 is 0. The van der Waals surface area contributed by atoms with E-state index in [2.05, 4.69) is 267 Å². The summed E-state index contributed by atoms with van der Waals surface area (Å²) in [5, 5.41) is 3.29. The molecule has 318 valence electrons. The summed E-state index contributed by atoms with van der Waals surface area (Å²) in [6.07, 6.45) is 0. The molecule has 0 fully saturated rings. The minimum Gasteiger partial charge on any atom is -0.227 e. The van der Waals surface area contributed by atoms with Crippen LogP contribution in [0.25, 0.3) is 122 Å². The van der Waals surface area contributed by atoms with Gasteiger partial charge in [-0.3, -0.25) is 0 Å². The van der Waals surface area contributed by atoms with Crippen molar-refractivity contribution in [3.05, 3.63) is 267 Å². The van der Waals surface area contributed by atoms with Gasteiger partial charge in [0.05, 0.1) is 11.2 Å². The Labute approximate surface area is 397 Å². The van der Waals surface area contributed by atoms with Crippen LogP contribution in [0.15, 0.2) is 267 Å². The molecular weight excluding hydrogens is 821 g/mol. The van der Waals surface area contributed by atoms with Crippen molar-refractivity contribution in [3.8, 4) is 101 Å². The average molecular weight is 865 g/mol. The lowest BCUT2D eigenvalue weighted by Gasteiger charge is -2.13. The first-order chi connectivity index (χ1) is 33.7. The van der Waals surface area contributed by atoms with Crippen molar-refractivity contribution in [2.75, 3.05) is 0 Å². The largest absolute Gasteiger partial charge is 0.227 e. The van der Waals surface area contributed by atoms with Crippen molar-refractivity contribution in [1.29, 1.82) is 0 Å². The van der Waals surface area contributed by atoms with Crippen LogP contribution >= 0.6 is 0 Å². The second-order valence-electron chi connectivity index (χ2n) is 17.4. The molecule has 11 aromatic carbocycles. The van der Waals surface area contributed by atoms with Crippen LogP contribution in [0, 0.1) is 0 Å². The Hall–Kier alpha value is -8.98. The first-order valence-corrected chi connectivity index (χ1v) is 23.2. The molecule has 2 nitrogen and oxygen atoms in total. The van der Waals surface area contributed by atoms with Crippen molar-refractivity contribution in [1.82, 2.24) is 9.97 Å². The van der Waals surface area contributed by atoms with Gasteiger partial charge < -0.3 is 0 Å². The fourth-order valence-corrected chi connectivity index (χ4v) is 9.50. The van der Waals surface area contributed by atoms with Gasteiger partial charge in [-0.15, -0.1) is 0 Å². The monoisotopic (exact) mass is 864 g/mol. The minimum atomic E-state index is 0.700. The van der Waals surface area contributed by atoms with E-state index in [0.717, 1.165) is 60.8 Å². The third-order valence-corrected chi connectivity index (χ3v) is 13.1. The highest BCUT2D eigenvalue weighted by Crippen LogP contribution is 2.38. The van der Waals surface area contributed by atoms with E-state index in [-0.39, 0.29) is 0 Å². The predicted octanol–water partition coefficient (Wildman–Crippen LogP) is 17.8. The SMILES string of the molecule is c1ccc(-c2cccc(-c3cccc(-c4ccc(-c5nc(-c6ccc(-c7cccc(-c8cc(-c9ccccc9)cc(-c9ccccc9)c8)c7)cc6)c6ccc7ccccc7c6n5)cc4)c3)c2)cc1. The predicted molar refractivity (Wildman–Crippen MR) is 286 cm³/mol. The fraction of sp³-hybridized carbons (Fsp3) is 0. The van der Waals surface area contributed by atoms with Crippen molar-refractivity contribution < 1.29 is 0 Å². The van der Waals surface area contributed by atoms with Crippen molar-refractivity contribution in [3.63, 3.8) is 0 Å². The maximum atomic E-state index is 5.35. The van der Waals surface area contributed by atoms with Crippen LogP contribution in [0.3, 0.4) is 0 Å². The molecule has 1 aromatic heterocycles. The summed E-state index contributed by atoms with van der Waals surface area (Å²) in [6.45, 7) is 0. The molecule has 2 heteroatoms. The van der Waals surface area contributed by atoms with Crippen LogP contribution in [-0.2, 0) is 0 Å². The first kappa shape index (κ1) is 40.5. The third kappa shape index (κ3) is 8.06. The molecule has 0 N–H and O–H groups in total. The quantitative estimate of drug-likeness (QED) is 0.135. The van der Waals surface area contributed by atoms with E-state index in [1.54, 1.807) is 0 Å². The minimum absolute atomic E-state index is 0.700. The zero-order valence-corrected chi connectivity index (χ0v) is 37.3. The maximum Gasteiger partial charge on any atom is 0.160 e. The molecule has 0 spiro atoms. The standard InChI is InChI=1S/C66H44N2/c1-4-15-45(16-5-1)53-22-12-25-56(39-53)57-26-13-23-54(40-57)49-31-35-52(36-32-49)66-67-64(63-38-37-50-21-10-11-28-62(50)65(63)68-66)51-33-29-48(30-34-51)55-24-14-27-58(41-55)61-43-59(46-17-6-2-7-18-46)42-60(44-61)47-19-8-3-9-20-47/h1-44H. The van der Waals surface area contributed by atoms with Gasteiger partial charge in [-0.05, 0) is 126 Å². The molecule has 0 unspecified atom stereocenters. The van der Waals surface area contributed by atoms with Crippen LogP contribution in [-0.4, -0.2) is 9.97 Å². The number of nitrogens with zero attached hydrogens (tertiary/aromatic N) is 2. The molecule has 12 rings (SSSR count). The third-order valence-electron chi connectivity index (χ3n) is 13.1. The Morgan fingerprint density at radius 1 is 0.191 bits per heavy atom. The Kier molecular flexibility index (Phi) is 10.6. The Morgan fingerprint density at radius 2 is 0.529 bits per heavy atom. The molecule has 0 aliphatic rings. The molecule has 68 heavy (non-hydrogen) atoms. The van der Waals surface area contributed by atoms with Crippen LogP contribution in [0.4, 0.5) is 0 Å². The fourth-order valence-electron chi connectivity index (χ4n) is 9.50. The number of fused-ring (bicyclic) bond motifs is 3. The second-order valence-corrected chi connectivity index (χ2v) is 17.4. The molecule has 0 saturated heterocycles. The Bertz CT molecular complexity index is 3690. The average Bonchev–Trinajstić information content (AvgIpc) is 3.43. The van der Waals surface area contributed by atoms with Gasteiger partial charge in [0, 0.05) is 21.9 Å². The van der Waals surface area contributed by atoms with Gasteiger partial charge in [-0.25, -0.2) is 9.97 Å². The Balaban J connectivity index is 0.880. The zero-order chi connectivity index (χ0) is 45.2. The number of rotatable bonds is 9. The summed E-state index contributed by atoms with van der Waals surface area (Å²) in [6, 6.07) is 95.6. The molecule has 0 radical (unpaired) electrons. The highest BCUT2D eigenvalue weighted by molar-refractivity contribution is 6.09. The number of aromatic nitrogens is 2. The summed E-state index contributed by atoms with van der Waals surface area (Å²) >= 11 is 0. The van der Waals surface area contributed by atoms with Gasteiger partial charge in [0.1, 0.15) is 0 Å². The number of benzene rings is 11. The molecule has 0 atom stereocenters. The first-order valence-electron chi connectivity index (χ1n) is 23.2. The molecule has 1 heterocycles.